The van der Waals surface area contributed by atoms with Crippen LogP contribution in [0.25, 0.3) is 0 Å². The highest BCUT2D eigenvalue weighted by Crippen LogP contribution is 2.29. The van der Waals surface area contributed by atoms with Crippen LogP contribution in [0.3, 0.4) is 0 Å². The molecule has 24 heavy (non-hydrogen) atoms. The molecule has 1 heterocycles. The number of amides is 1. The first kappa shape index (κ1) is 16.5. The van der Waals surface area contributed by atoms with Crippen molar-refractivity contribution >= 4 is 39.8 Å². The van der Waals surface area contributed by atoms with Crippen molar-refractivity contribution in [1.29, 1.82) is 0 Å². The number of nitrogens with one attached hydrogen (secondary N) is 2. The second kappa shape index (κ2) is 7.94. The lowest BCUT2D eigenvalue weighted by atomic mass is 10.1. The topological polar surface area (TPSA) is 66.9 Å². The fourth-order valence-electron chi connectivity index (χ4n) is 2.06. The smallest absolute Gasteiger partial charge is 0.251 e. The predicted octanol–water partition coefficient (Wildman–Crippen LogP) is 3.93. The molecule has 3 rings (SSSR count). The van der Waals surface area contributed by atoms with E-state index in [1.165, 1.54) is 11.3 Å². The number of para-hydroxylation sites is 1. The van der Waals surface area contributed by atoms with E-state index in [1.807, 2.05) is 48.5 Å². The normalized spacial score (nSPS) is 10.4. The molecule has 0 bridgehead atoms. The Morgan fingerprint density at radius 1 is 1.12 bits per heavy atom. The van der Waals surface area contributed by atoms with Crippen molar-refractivity contribution < 1.29 is 4.79 Å². The van der Waals surface area contributed by atoms with Gasteiger partial charge in [0.05, 0.1) is 0 Å². The standard InChI is InChI=1S/C17H16N4OS2/c1-18-15(22)13-7-5-6-12(10-13)11-23-17-21-20-16(24-17)19-14-8-3-2-4-9-14/h2-10H,11H2,1H3,(H,18,22)(H,19,20). The summed E-state index contributed by atoms with van der Waals surface area (Å²) in [6.07, 6.45) is 0. The van der Waals surface area contributed by atoms with Crippen molar-refractivity contribution in [2.24, 2.45) is 0 Å². The van der Waals surface area contributed by atoms with Crippen LogP contribution in [-0.2, 0) is 5.75 Å². The van der Waals surface area contributed by atoms with Gasteiger partial charge in [-0.25, -0.2) is 0 Å². The molecule has 0 unspecified atom stereocenters. The van der Waals surface area contributed by atoms with Crippen LogP contribution < -0.4 is 10.6 Å². The third-order valence-corrected chi connectivity index (χ3v) is 5.25. The molecule has 2 N–H and O–H groups in total. The highest BCUT2D eigenvalue weighted by Gasteiger charge is 2.07. The molecule has 0 saturated heterocycles. The molecule has 0 fully saturated rings. The molecule has 1 amide bonds. The molecular formula is C17H16N4OS2. The van der Waals surface area contributed by atoms with Gasteiger partial charge in [-0.05, 0) is 29.8 Å². The summed E-state index contributed by atoms with van der Waals surface area (Å²) in [5.74, 6) is 0.664. The Balaban J connectivity index is 1.60. The van der Waals surface area contributed by atoms with Crippen LogP contribution in [0.1, 0.15) is 15.9 Å². The summed E-state index contributed by atoms with van der Waals surface area (Å²) in [5, 5.41) is 15.0. The van der Waals surface area contributed by atoms with Crippen molar-refractivity contribution in [3.05, 3.63) is 65.7 Å². The van der Waals surface area contributed by atoms with Gasteiger partial charge in [0, 0.05) is 24.1 Å². The van der Waals surface area contributed by atoms with E-state index < -0.39 is 0 Å². The largest absolute Gasteiger partial charge is 0.355 e. The van der Waals surface area contributed by atoms with Crippen LogP contribution in [0.4, 0.5) is 10.8 Å². The van der Waals surface area contributed by atoms with Crippen molar-refractivity contribution in [3.63, 3.8) is 0 Å². The minimum Gasteiger partial charge on any atom is -0.355 e. The van der Waals surface area contributed by atoms with E-state index in [1.54, 1.807) is 24.9 Å². The van der Waals surface area contributed by atoms with E-state index >= 15 is 0 Å². The monoisotopic (exact) mass is 356 g/mol. The number of nitrogens with zero attached hydrogens (tertiary/aromatic N) is 2. The van der Waals surface area contributed by atoms with Gasteiger partial charge in [0.15, 0.2) is 4.34 Å². The molecule has 0 saturated carbocycles. The Morgan fingerprint density at radius 2 is 1.96 bits per heavy atom. The number of hydrogen-bond donors (Lipinski definition) is 2. The highest BCUT2D eigenvalue weighted by atomic mass is 32.2. The van der Waals surface area contributed by atoms with Gasteiger partial charge in [-0.15, -0.1) is 10.2 Å². The Kier molecular flexibility index (Phi) is 5.45. The third kappa shape index (κ3) is 4.33. The SMILES string of the molecule is CNC(=O)c1cccc(CSc2nnc(Nc3ccccc3)s2)c1. The Labute approximate surface area is 148 Å². The second-order valence-electron chi connectivity index (χ2n) is 4.93. The van der Waals surface area contributed by atoms with Crippen LogP contribution in [0, 0.1) is 0 Å². The van der Waals surface area contributed by atoms with Gasteiger partial charge in [0.1, 0.15) is 0 Å². The van der Waals surface area contributed by atoms with Crippen LogP contribution in [0.5, 0.6) is 0 Å². The van der Waals surface area contributed by atoms with Crippen LogP contribution in [0.15, 0.2) is 58.9 Å². The Bertz CT molecular complexity index is 820. The van der Waals surface area contributed by atoms with Crippen LogP contribution in [-0.4, -0.2) is 23.2 Å². The first-order chi connectivity index (χ1) is 11.7. The first-order valence-corrected chi connectivity index (χ1v) is 9.14. The zero-order valence-electron chi connectivity index (χ0n) is 13.0. The minimum atomic E-state index is -0.0767. The van der Waals surface area contributed by atoms with Gasteiger partial charge < -0.3 is 10.6 Å². The fraction of sp³-hybridized carbons (Fsp3) is 0.118. The molecule has 0 aliphatic rings. The summed E-state index contributed by atoms with van der Waals surface area (Å²) in [5.41, 5.74) is 2.73. The van der Waals surface area contributed by atoms with Gasteiger partial charge in [0.25, 0.3) is 5.91 Å². The number of rotatable bonds is 6. The summed E-state index contributed by atoms with van der Waals surface area (Å²) in [7, 11) is 1.63. The molecule has 0 radical (unpaired) electrons. The first-order valence-electron chi connectivity index (χ1n) is 7.34. The summed E-state index contributed by atoms with van der Waals surface area (Å²) < 4.78 is 0.888. The minimum absolute atomic E-state index is 0.0767. The van der Waals surface area contributed by atoms with Gasteiger partial charge in [-0.2, -0.15) is 0 Å². The summed E-state index contributed by atoms with van der Waals surface area (Å²) in [6.45, 7) is 0. The number of benzene rings is 2. The molecular weight excluding hydrogens is 340 g/mol. The quantitative estimate of drug-likeness (QED) is 0.655. The number of carbonyl (C=O) groups excluding carboxylic acids is 1. The molecule has 0 atom stereocenters. The number of aromatic nitrogens is 2. The van der Waals surface area contributed by atoms with Crippen LogP contribution in [0.2, 0.25) is 0 Å². The van der Waals surface area contributed by atoms with Crippen molar-refractivity contribution in [2.45, 2.75) is 10.1 Å². The van der Waals surface area contributed by atoms with E-state index in [-0.39, 0.29) is 5.91 Å². The van der Waals surface area contributed by atoms with Gasteiger partial charge in [-0.3, -0.25) is 4.79 Å². The van der Waals surface area contributed by atoms with Crippen molar-refractivity contribution in [2.75, 3.05) is 12.4 Å². The van der Waals surface area contributed by atoms with E-state index in [2.05, 4.69) is 20.8 Å². The van der Waals surface area contributed by atoms with Gasteiger partial charge in [-0.1, -0.05) is 53.4 Å². The zero-order chi connectivity index (χ0) is 16.8. The summed E-state index contributed by atoms with van der Waals surface area (Å²) >= 11 is 3.12. The average molecular weight is 356 g/mol. The number of anilines is 2. The highest BCUT2D eigenvalue weighted by molar-refractivity contribution is 8.00. The van der Waals surface area contributed by atoms with E-state index in [0.717, 1.165) is 26.5 Å². The zero-order valence-corrected chi connectivity index (χ0v) is 14.7. The fourth-order valence-corrected chi connectivity index (χ4v) is 3.77. The van der Waals surface area contributed by atoms with E-state index in [9.17, 15) is 4.79 Å². The molecule has 0 aliphatic heterocycles. The average Bonchev–Trinajstić information content (AvgIpc) is 3.08. The van der Waals surface area contributed by atoms with Crippen molar-refractivity contribution in [1.82, 2.24) is 15.5 Å². The van der Waals surface area contributed by atoms with Crippen molar-refractivity contribution in [3.8, 4) is 0 Å². The molecule has 5 nitrogen and oxygen atoms in total. The lowest BCUT2D eigenvalue weighted by molar-refractivity contribution is 0.0963. The lowest BCUT2D eigenvalue weighted by Crippen LogP contribution is -2.17. The molecule has 0 aliphatic carbocycles. The van der Waals surface area contributed by atoms with E-state index in [4.69, 9.17) is 0 Å². The Hall–Kier alpha value is -2.38. The molecule has 1 aromatic heterocycles. The molecule has 2 aromatic carbocycles. The molecule has 122 valence electrons. The summed E-state index contributed by atoms with van der Waals surface area (Å²) in [6, 6.07) is 17.5. The number of carbonyl (C=O) groups is 1. The lowest BCUT2D eigenvalue weighted by Gasteiger charge is -2.03. The van der Waals surface area contributed by atoms with E-state index in [0.29, 0.717) is 5.56 Å². The second-order valence-corrected chi connectivity index (χ2v) is 7.13. The number of hydrogen-bond acceptors (Lipinski definition) is 6. The number of thioether (sulfide) groups is 1. The molecule has 3 aromatic rings. The van der Waals surface area contributed by atoms with Gasteiger partial charge >= 0.3 is 0 Å². The molecule has 0 spiro atoms. The Morgan fingerprint density at radius 3 is 2.75 bits per heavy atom. The van der Waals surface area contributed by atoms with Crippen LogP contribution >= 0.6 is 23.1 Å². The maximum absolute atomic E-state index is 11.7. The van der Waals surface area contributed by atoms with Gasteiger partial charge in [0.2, 0.25) is 5.13 Å². The molecule has 7 heteroatoms. The summed E-state index contributed by atoms with van der Waals surface area (Å²) in [4.78, 5) is 11.7. The maximum Gasteiger partial charge on any atom is 0.251 e. The predicted molar refractivity (Wildman–Crippen MR) is 99.0 cm³/mol. The third-order valence-electron chi connectivity index (χ3n) is 3.21. The maximum atomic E-state index is 11.7.